The smallest absolute Gasteiger partial charge is 0.279 e. The predicted octanol–water partition coefficient (Wildman–Crippen LogP) is 1.29. The van der Waals surface area contributed by atoms with E-state index in [4.69, 9.17) is 0 Å². The molecule has 0 radical (unpaired) electrons. The van der Waals surface area contributed by atoms with Crippen LogP contribution < -0.4 is 5.32 Å². The van der Waals surface area contributed by atoms with Gasteiger partial charge in [-0.3, -0.25) is 10.0 Å². The first-order valence-corrected chi connectivity index (χ1v) is 6.49. The van der Waals surface area contributed by atoms with E-state index in [1.807, 2.05) is 6.92 Å². The highest BCUT2D eigenvalue weighted by atomic mass is 16.5. The van der Waals surface area contributed by atoms with E-state index >= 15 is 0 Å². The summed E-state index contributed by atoms with van der Waals surface area (Å²) in [7, 11) is 0. The van der Waals surface area contributed by atoms with E-state index in [1.165, 1.54) is 0 Å². The molecule has 0 atom stereocenters. The van der Waals surface area contributed by atoms with Crippen molar-refractivity contribution in [3.63, 3.8) is 0 Å². The number of hydrogen-bond donors (Lipinski definition) is 3. The number of hydroxylamine groups is 2. The van der Waals surface area contributed by atoms with Gasteiger partial charge in [-0.2, -0.15) is 0 Å². The van der Waals surface area contributed by atoms with Crippen LogP contribution in [0.15, 0.2) is 18.3 Å². The molecule has 3 rings (SSSR count). The van der Waals surface area contributed by atoms with Gasteiger partial charge in [-0.1, -0.05) is 0 Å². The van der Waals surface area contributed by atoms with Crippen LogP contribution in [0.1, 0.15) is 23.0 Å². The first-order chi connectivity index (χ1) is 9.69. The Balaban J connectivity index is 1.98. The monoisotopic (exact) mass is 273 g/mol. The number of carbonyl (C=O) groups is 1. The zero-order chi connectivity index (χ0) is 14.1. The Morgan fingerprint density at radius 1 is 1.55 bits per heavy atom. The van der Waals surface area contributed by atoms with Crippen molar-refractivity contribution in [1.82, 2.24) is 20.0 Å². The van der Waals surface area contributed by atoms with Gasteiger partial charge in [-0.05, 0) is 19.1 Å². The van der Waals surface area contributed by atoms with E-state index in [1.54, 1.807) is 18.3 Å². The number of nitrogens with one attached hydrogen (secondary N) is 2. The maximum absolute atomic E-state index is 11.8. The van der Waals surface area contributed by atoms with Crippen LogP contribution in [0, 0.1) is 0 Å². The Hall–Kier alpha value is -2.41. The van der Waals surface area contributed by atoms with E-state index in [2.05, 4.69) is 20.3 Å². The number of hydrogen-bond acceptors (Lipinski definition) is 5. The highest BCUT2D eigenvalue weighted by molar-refractivity contribution is 5.97. The van der Waals surface area contributed by atoms with Crippen LogP contribution in [0.4, 0.5) is 5.95 Å². The molecule has 1 aliphatic rings. The number of carbonyl (C=O) groups excluding carboxylic acids is 1. The van der Waals surface area contributed by atoms with Gasteiger partial charge in [0, 0.05) is 24.9 Å². The van der Waals surface area contributed by atoms with Gasteiger partial charge < -0.3 is 10.3 Å². The zero-order valence-electron chi connectivity index (χ0n) is 11.1. The number of fused-ring (bicyclic) bond motifs is 1. The number of amides is 1. The van der Waals surface area contributed by atoms with Crippen molar-refractivity contribution < 1.29 is 10.0 Å². The maximum Gasteiger partial charge on any atom is 0.279 e. The van der Waals surface area contributed by atoms with Crippen molar-refractivity contribution in [2.75, 3.05) is 18.4 Å². The number of H-pyrrole nitrogens is 1. The third-order valence-corrected chi connectivity index (χ3v) is 3.20. The fourth-order valence-corrected chi connectivity index (χ4v) is 2.23. The second-order valence-electron chi connectivity index (χ2n) is 4.55. The molecule has 1 aliphatic heterocycles. The summed E-state index contributed by atoms with van der Waals surface area (Å²) in [5.74, 6) is 0.169. The van der Waals surface area contributed by atoms with E-state index < -0.39 is 0 Å². The van der Waals surface area contributed by atoms with Crippen molar-refractivity contribution in [3.05, 3.63) is 29.6 Å². The van der Waals surface area contributed by atoms with E-state index in [0.29, 0.717) is 30.2 Å². The van der Waals surface area contributed by atoms with Crippen LogP contribution >= 0.6 is 0 Å². The van der Waals surface area contributed by atoms with Gasteiger partial charge in [-0.25, -0.2) is 15.0 Å². The molecule has 2 aromatic rings. The fraction of sp³-hybridized carbons (Fsp3) is 0.308. The minimum absolute atomic E-state index is 0.304. The first kappa shape index (κ1) is 12.6. The lowest BCUT2D eigenvalue weighted by Gasteiger charge is -2.19. The second-order valence-corrected chi connectivity index (χ2v) is 4.55. The lowest BCUT2D eigenvalue weighted by atomic mass is 10.1. The Morgan fingerprint density at radius 2 is 2.40 bits per heavy atom. The largest absolute Gasteiger partial charge is 0.356 e. The van der Waals surface area contributed by atoms with E-state index in [9.17, 15) is 10.0 Å². The highest BCUT2D eigenvalue weighted by Gasteiger charge is 2.25. The molecule has 7 heteroatoms. The molecular weight excluding hydrogens is 258 g/mol. The quantitative estimate of drug-likeness (QED) is 0.733. The lowest BCUT2D eigenvalue weighted by Crippen LogP contribution is -2.34. The molecule has 20 heavy (non-hydrogen) atoms. The van der Waals surface area contributed by atoms with Gasteiger partial charge >= 0.3 is 0 Å². The predicted molar refractivity (Wildman–Crippen MR) is 72.5 cm³/mol. The molecular formula is C13H15N5O2. The van der Waals surface area contributed by atoms with E-state index in [-0.39, 0.29) is 5.91 Å². The fourth-order valence-electron chi connectivity index (χ4n) is 2.23. The molecule has 3 N–H and O–H groups in total. The molecule has 1 amide bonds. The number of anilines is 1. The zero-order valence-corrected chi connectivity index (χ0v) is 11.1. The van der Waals surface area contributed by atoms with E-state index in [0.717, 1.165) is 23.0 Å². The van der Waals surface area contributed by atoms with Crippen LogP contribution in [-0.4, -0.2) is 44.2 Å². The number of rotatable bonds is 3. The molecule has 0 saturated carbocycles. The van der Waals surface area contributed by atoms with Crippen molar-refractivity contribution in [2.45, 2.75) is 13.3 Å². The number of aromatic nitrogens is 3. The van der Waals surface area contributed by atoms with Crippen LogP contribution in [0.25, 0.3) is 11.4 Å². The number of aromatic amines is 1. The summed E-state index contributed by atoms with van der Waals surface area (Å²) in [5.41, 5.74) is 2.79. The van der Waals surface area contributed by atoms with Gasteiger partial charge in [0.15, 0.2) is 0 Å². The number of nitrogens with zero attached hydrogens (tertiary/aromatic N) is 3. The molecule has 2 aromatic heterocycles. The van der Waals surface area contributed by atoms with Crippen molar-refractivity contribution in [3.8, 4) is 11.4 Å². The summed E-state index contributed by atoms with van der Waals surface area (Å²) in [6, 6.07) is 3.50. The van der Waals surface area contributed by atoms with Crippen LogP contribution in [-0.2, 0) is 6.42 Å². The molecule has 7 nitrogen and oxygen atoms in total. The third kappa shape index (κ3) is 2.12. The Bertz CT molecular complexity index is 652. The molecule has 104 valence electrons. The Kier molecular flexibility index (Phi) is 3.11. The summed E-state index contributed by atoms with van der Waals surface area (Å²) in [5, 5.41) is 13.2. The topological polar surface area (TPSA) is 94.1 Å². The normalized spacial score (nSPS) is 14.3. The van der Waals surface area contributed by atoms with Crippen molar-refractivity contribution in [1.29, 1.82) is 0 Å². The van der Waals surface area contributed by atoms with Gasteiger partial charge in [0.05, 0.1) is 23.5 Å². The Morgan fingerprint density at radius 3 is 3.20 bits per heavy atom. The van der Waals surface area contributed by atoms with Crippen LogP contribution in [0.3, 0.4) is 0 Å². The van der Waals surface area contributed by atoms with Gasteiger partial charge in [0.2, 0.25) is 5.95 Å². The average Bonchev–Trinajstić information content (AvgIpc) is 2.89. The molecule has 0 fully saturated rings. The second kappa shape index (κ2) is 4.93. The molecule has 0 unspecified atom stereocenters. The minimum Gasteiger partial charge on any atom is -0.356 e. The molecule has 0 aliphatic carbocycles. The lowest BCUT2D eigenvalue weighted by molar-refractivity contribution is -0.0603. The summed E-state index contributed by atoms with van der Waals surface area (Å²) < 4.78 is 0. The van der Waals surface area contributed by atoms with Crippen molar-refractivity contribution >= 4 is 11.9 Å². The molecule has 3 heterocycles. The van der Waals surface area contributed by atoms with Crippen LogP contribution in [0.5, 0.6) is 0 Å². The SMILES string of the molecule is CCNc1nccc(-c2cc3c([nH]2)CCN(O)C3=O)n1. The molecule has 0 bridgehead atoms. The molecule has 0 spiro atoms. The average molecular weight is 273 g/mol. The molecule has 0 aromatic carbocycles. The summed E-state index contributed by atoms with van der Waals surface area (Å²) >= 11 is 0. The van der Waals surface area contributed by atoms with Crippen LogP contribution in [0.2, 0.25) is 0 Å². The molecule has 0 saturated heterocycles. The summed E-state index contributed by atoms with van der Waals surface area (Å²) in [6.45, 7) is 3.01. The Labute approximate surface area is 115 Å². The standard InChI is InChI=1S/C13H15N5O2/c1-2-14-13-15-5-3-10(17-13)11-7-8-9(16-11)4-6-18(20)12(8)19/h3,5,7,16,20H,2,4,6H2,1H3,(H,14,15,17). The van der Waals surface area contributed by atoms with Gasteiger partial charge in [-0.15, -0.1) is 0 Å². The highest BCUT2D eigenvalue weighted by Crippen LogP contribution is 2.24. The maximum atomic E-state index is 11.8. The summed E-state index contributed by atoms with van der Waals surface area (Å²) in [6.07, 6.45) is 2.27. The van der Waals surface area contributed by atoms with Gasteiger partial charge in [0.25, 0.3) is 5.91 Å². The summed E-state index contributed by atoms with van der Waals surface area (Å²) in [4.78, 5) is 23.5. The third-order valence-electron chi connectivity index (χ3n) is 3.20. The first-order valence-electron chi connectivity index (χ1n) is 6.49. The minimum atomic E-state index is -0.380. The van der Waals surface area contributed by atoms with Crippen molar-refractivity contribution in [2.24, 2.45) is 0 Å². The van der Waals surface area contributed by atoms with Gasteiger partial charge in [0.1, 0.15) is 0 Å².